The summed E-state index contributed by atoms with van der Waals surface area (Å²) in [7, 11) is 0. The quantitative estimate of drug-likeness (QED) is 0.153. The number of carbonyl (C=O) groups is 1. The number of benzene rings is 5. The summed E-state index contributed by atoms with van der Waals surface area (Å²) in [5.74, 6) is 1.06. The van der Waals surface area contributed by atoms with Crippen LogP contribution in [-0.2, 0) is 23.2 Å². The number of fused-ring (bicyclic) bond motifs is 6. The van der Waals surface area contributed by atoms with Gasteiger partial charge in [-0.15, -0.1) is 0 Å². The SMILES string of the molecule is Cc1ccc(NC(C)Nc2ccc3c(c2)Oc2cc(C)c(CCc4ccccc4)cc2C32OC(=O)c3ccccc32)cc1. The average Bonchev–Trinajstić information content (AvgIpc) is 3.30. The molecule has 0 fully saturated rings. The van der Waals surface area contributed by atoms with Crippen LogP contribution in [0.15, 0.2) is 109 Å². The lowest BCUT2D eigenvalue weighted by molar-refractivity contribution is 0.0224. The van der Waals surface area contributed by atoms with Gasteiger partial charge in [0.05, 0.1) is 11.7 Å². The van der Waals surface area contributed by atoms with Gasteiger partial charge in [-0.25, -0.2) is 4.79 Å². The van der Waals surface area contributed by atoms with E-state index in [1.54, 1.807) is 0 Å². The van der Waals surface area contributed by atoms with Gasteiger partial charge >= 0.3 is 5.97 Å². The molecule has 2 aliphatic heterocycles. The van der Waals surface area contributed by atoms with Gasteiger partial charge in [0, 0.05) is 34.1 Å². The Labute approximate surface area is 252 Å². The van der Waals surface area contributed by atoms with Crippen LogP contribution in [0, 0.1) is 13.8 Å². The maximum absolute atomic E-state index is 13.3. The molecule has 0 amide bonds. The maximum atomic E-state index is 13.3. The Morgan fingerprint density at radius 1 is 0.698 bits per heavy atom. The molecule has 0 aliphatic carbocycles. The number of hydrogen-bond acceptors (Lipinski definition) is 5. The number of rotatable bonds is 7. The molecule has 5 nitrogen and oxygen atoms in total. The Balaban J connectivity index is 1.27. The summed E-state index contributed by atoms with van der Waals surface area (Å²) in [4.78, 5) is 13.3. The van der Waals surface area contributed by atoms with E-state index in [0.717, 1.165) is 46.5 Å². The van der Waals surface area contributed by atoms with Gasteiger partial charge in [-0.3, -0.25) is 0 Å². The number of ether oxygens (including phenoxy) is 2. The zero-order valence-electron chi connectivity index (χ0n) is 24.6. The number of esters is 1. The fourth-order valence-electron chi connectivity index (χ4n) is 6.33. The zero-order chi connectivity index (χ0) is 29.6. The third-order valence-electron chi connectivity index (χ3n) is 8.51. The fourth-order valence-corrected chi connectivity index (χ4v) is 6.33. The van der Waals surface area contributed by atoms with Crippen molar-refractivity contribution in [3.8, 4) is 11.5 Å². The van der Waals surface area contributed by atoms with E-state index in [4.69, 9.17) is 9.47 Å². The van der Waals surface area contributed by atoms with Crippen LogP contribution in [0.2, 0.25) is 0 Å². The Morgan fingerprint density at radius 2 is 1.40 bits per heavy atom. The Morgan fingerprint density at radius 3 is 2.21 bits per heavy atom. The first-order valence-electron chi connectivity index (χ1n) is 14.8. The molecule has 2 unspecified atom stereocenters. The van der Waals surface area contributed by atoms with Crippen LogP contribution in [0.4, 0.5) is 11.4 Å². The average molecular weight is 567 g/mol. The van der Waals surface area contributed by atoms with E-state index >= 15 is 0 Å². The number of aryl methyl sites for hydroxylation is 4. The minimum Gasteiger partial charge on any atom is -0.456 e. The number of carbonyl (C=O) groups excluding carboxylic acids is 1. The largest absolute Gasteiger partial charge is 0.456 e. The molecular formula is C38H34N2O3. The van der Waals surface area contributed by atoms with E-state index < -0.39 is 5.60 Å². The number of hydrogen-bond donors (Lipinski definition) is 2. The Bertz CT molecular complexity index is 1830. The second kappa shape index (κ2) is 10.7. The first-order chi connectivity index (χ1) is 20.9. The third kappa shape index (κ3) is 4.81. The highest BCUT2D eigenvalue weighted by Crippen LogP contribution is 2.56. The van der Waals surface area contributed by atoms with Gasteiger partial charge in [0.25, 0.3) is 0 Å². The smallest absolute Gasteiger partial charge is 0.340 e. The molecule has 7 rings (SSSR count). The number of anilines is 2. The van der Waals surface area contributed by atoms with Crippen LogP contribution >= 0.6 is 0 Å². The van der Waals surface area contributed by atoms with Crippen LogP contribution in [0.5, 0.6) is 11.5 Å². The summed E-state index contributed by atoms with van der Waals surface area (Å²) >= 11 is 0. The van der Waals surface area contributed by atoms with Crippen molar-refractivity contribution in [1.29, 1.82) is 0 Å². The van der Waals surface area contributed by atoms with Crippen molar-refractivity contribution in [2.45, 2.75) is 45.4 Å². The van der Waals surface area contributed by atoms with Crippen LogP contribution in [0.1, 0.15) is 56.2 Å². The van der Waals surface area contributed by atoms with E-state index in [1.807, 2.05) is 48.5 Å². The van der Waals surface area contributed by atoms with Gasteiger partial charge in [-0.1, -0.05) is 66.2 Å². The summed E-state index contributed by atoms with van der Waals surface area (Å²) in [6, 6.07) is 36.9. The normalized spacial score (nSPS) is 16.9. The number of nitrogens with one attached hydrogen (secondary N) is 2. The zero-order valence-corrected chi connectivity index (χ0v) is 24.6. The lowest BCUT2D eigenvalue weighted by atomic mass is 9.76. The van der Waals surface area contributed by atoms with Crippen LogP contribution in [0.3, 0.4) is 0 Å². The van der Waals surface area contributed by atoms with Crippen molar-refractivity contribution in [1.82, 2.24) is 0 Å². The second-order valence-corrected chi connectivity index (χ2v) is 11.6. The van der Waals surface area contributed by atoms with Crippen molar-refractivity contribution in [3.05, 3.63) is 154 Å². The minimum atomic E-state index is -1.09. The summed E-state index contributed by atoms with van der Waals surface area (Å²) in [6.07, 6.45) is 1.76. The van der Waals surface area contributed by atoms with E-state index in [2.05, 4.69) is 92.1 Å². The first-order valence-corrected chi connectivity index (χ1v) is 14.8. The van der Waals surface area contributed by atoms with Crippen LogP contribution in [0.25, 0.3) is 0 Å². The lowest BCUT2D eigenvalue weighted by Gasteiger charge is -2.37. The van der Waals surface area contributed by atoms with Crippen molar-refractivity contribution in [2.24, 2.45) is 0 Å². The van der Waals surface area contributed by atoms with Crippen LogP contribution in [-0.4, -0.2) is 12.1 Å². The van der Waals surface area contributed by atoms with E-state index in [9.17, 15) is 4.79 Å². The van der Waals surface area contributed by atoms with Crippen molar-refractivity contribution < 1.29 is 14.3 Å². The molecule has 214 valence electrons. The van der Waals surface area contributed by atoms with Gasteiger partial charge in [0.1, 0.15) is 11.5 Å². The predicted octanol–water partition coefficient (Wildman–Crippen LogP) is 8.53. The Hall–Kier alpha value is -5.03. The van der Waals surface area contributed by atoms with Crippen molar-refractivity contribution in [3.63, 3.8) is 0 Å². The molecule has 5 aromatic carbocycles. The molecule has 0 aromatic heterocycles. The van der Waals surface area contributed by atoms with Gasteiger partial charge < -0.3 is 20.1 Å². The molecule has 43 heavy (non-hydrogen) atoms. The molecule has 0 saturated heterocycles. The summed E-state index contributed by atoms with van der Waals surface area (Å²) in [5.41, 5.74) is 8.85. The fraction of sp³-hybridized carbons (Fsp3) is 0.184. The molecule has 0 bridgehead atoms. The molecule has 0 radical (unpaired) electrons. The molecular weight excluding hydrogens is 532 g/mol. The third-order valence-corrected chi connectivity index (χ3v) is 8.51. The van der Waals surface area contributed by atoms with E-state index in [0.29, 0.717) is 17.1 Å². The maximum Gasteiger partial charge on any atom is 0.340 e. The van der Waals surface area contributed by atoms with E-state index in [-0.39, 0.29) is 12.1 Å². The van der Waals surface area contributed by atoms with Gasteiger partial charge in [0.2, 0.25) is 0 Å². The highest BCUT2D eigenvalue weighted by atomic mass is 16.6. The Kier molecular flexibility index (Phi) is 6.66. The van der Waals surface area contributed by atoms with Crippen molar-refractivity contribution in [2.75, 3.05) is 10.6 Å². The van der Waals surface area contributed by atoms with Gasteiger partial charge in [-0.05, 0) is 92.8 Å². The highest BCUT2D eigenvalue weighted by molar-refractivity contribution is 5.97. The van der Waals surface area contributed by atoms with Gasteiger partial charge in [-0.2, -0.15) is 0 Å². The van der Waals surface area contributed by atoms with Gasteiger partial charge in [0.15, 0.2) is 5.60 Å². The first kappa shape index (κ1) is 26.8. The second-order valence-electron chi connectivity index (χ2n) is 11.6. The lowest BCUT2D eigenvalue weighted by Crippen LogP contribution is -2.33. The van der Waals surface area contributed by atoms with Crippen LogP contribution < -0.4 is 15.4 Å². The molecule has 0 saturated carbocycles. The summed E-state index contributed by atoms with van der Waals surface area (Å²) < 4.78 is 13.0. The molecule has 5 heteroatoms. The molecule has 2 aliphatic rings. The molecule has 2 N–H and O–H groups in total. The molecule has 5 aromatic rings. The predicted molar refractivity (Wildman–Crippen MR) is 171 cm³/mol. The summed E-state index contributed by atoms with van der Waals surface area (Å²) in [6.45, 7) is 6.28. The summed E-state index contributed by atoms with van der Waals surface area (Å²) in [5, 5.41) is 7.04. The van der Waals surface area contributed by atoms with Crippen molar-refractivity contribution >= 4 is 17.3 Å². The standard InChI is InChI=1S/C38H34N2O3/c1-24-13-17-29(18-14-24)39-26(3)40-30-19-20-33-36(23-30)42-35-21-25(2)28(16-15-27-9-5-4-6-10-27)22-34(35)38(33)32-12-8-7-11-31(32)37(41)43-38/h4-14,17-23,26,39-40H,15-16H2,1-3H3. The minimum absolute atomic E-state index is 0.0370. The highest BCUT2D eigenvalue weighted by Gasteiger charge is 2.53. The monoisotopic (exact) mass is 566 g/mol. The molecule has 2 atom stereocenters. The molecule has 2 heterocycles. The topological polar surface area (TPSA) is 59.6 Å². The van der Waals surface area contributed by atoms with E-state index in [1.165, 1.54) is 16.7 Å². The molecule has 1 spiro atoms.